The van der Waals surface area contributed by atoms with Crippen LogP contribution in [0.2, 0.25) is 10.0 Å². The Labute approximate surface area is 82.8 Å². The molecule has 0 saturated heterocycles. The van der Waals surface area contributed by atoms with Crippen molar-refractivity contribution in [2.75, 3.05) is 0 Å². The third-order valence-corrected chi connectivity index (χ3v) is 2.55. The molecule has 12 heavy (non-hydrogen) atoms. The van der Waals surface area contributed by atoms with Crippen molar-refractivity contribution in [1.29, 1.82) is 0 Å². The smallest absolute Gasteiger partial charge is 0.0598 e. The molecule has 2 heteroatoms. The van der Waals surface area contributed by atoms with E-state index < -0.39 is 0 Å². The molecule has 0 bridgehead atoms. The molecule has 1 aromatic carbocycles. The highest BCUT2D eigenvalue weighted by Crippen LogP contribution is 2.25. The van der Waals surface area contributed by atoms with E-state index in [0.717, 1.165) is 5.56 Å². The normalized spacial score (nSPS) is 11.8. The van der Waals surface area contributed by atoms with Gasteiger partial charge >= 0.3 is 0 Å². The topological polar surface area (TPSA) is 0 Å². The lowest BCUT2D eigenvalue weighted by Gasteiger charge is -2.02. The van der Waals surface area contributed by atoms with Crippen molar-refractivity contribution in [3.05, 3.63) is 39.9 Å². The van der Waals surface area contributed by atoms with Gasteiger partial charge < -0.3 is 0 Å². The fourth-order valence-corrected chi connectivity index (χ4v) is 1.21. The second kappa shape index (κ2) is 3.97. The van der Waals surface area contributed by atoms with E-state index in [1.807, 2.05) is 38.1 Å². The molecule has 0 aliphatic carbocycles. The second-order valence-electron chi connectivity index (χ2n) is 2.60. The molecule has 0 aliphatic heterocycles. The molecule has 0 heterocycles. The third-order valence-electron chi connectivity index (χ3n) is 1.81. The van der Waals surface area contributed by atoms with Crippen LogP contribution >= 0.6 is 23.2 Å². The van der Waals surface area contributed by atoms with Gasteiger partial charge in [0.15, 0.2) is 0 Å². The fourth-order valence-electron chi connectivity index (χ4n) is 0.908. The predicted molar refractivity (Wildman–Crippen MR) is 55.8 cm³/mol. The fraction of sp³-hybridized carbons (Fsp3) is 0.200. The molecule has 0 saturated carbocycles. The van der Waals surface area contributed by atoms with E-state index >= 15 is 0 Å². The molecule has 0 nitrogen and oxygen atoms in total. The largest absolute Gasteiger partial charge is 0.0841 e. The zero-order valence-electron chi connectivity index (χ0n) is 7.07. The Morgan fingerprint density at radius 2 is 1.92 bits per heavy atom. The summed E-state index contributed by atoms with van der Waals surface area (Å²) in [5.41, 5.74) is 2.32. The zero-order valence-corrected chi connectivity index (χ0v) is 8.58. The van der Waals surface area contributed by atoms with E-state index in [9.17, 15) is 0 Å². The molecule has 0 radical (unpaired) electrons. The molecule has 0 fully saturated rings. The Kier molecular flexibility index (Phi) is 3.19. The molecule has 1 aromatic rings. The summed E-state index contributed by atoms with van der Waals surface area (Å²) in [6, 6.07) is 5.65. The van der Waals surface area contributed by atoms with Crippen molar-refractivity contribution in [1.82, 2.24) is 0 Å². The standard InChI is InChI=1S/C10H10Cl2/c1-3-7(2)8-4-5-9(11)10(12)6-8/h3-6H,1-2H3. The van der Waals surface area contributed by atoms with Crippen LogP contribution in [0, 0.1) is 0 Å². The molecule has 0 atom stereocenters. The highest BCUT2D eigenvalue weighted by atomic mass is 35.5. The summed E-state index contributed by atoms with van der Waals surface area (Å²) < 4.78 is 0. The second-order valence-corrected chi connectivity index (χ2v) is 3.41. The number of hydrogen-bond donors (Lipinski definition) is 0. The molecular formula is C10H10Cl2. The molecular weight excluding hydrogens is 191 g/mol. The molecule has 1 rings (SSSR count). The Hall–Kier alpha value is -0.460. The first-order valence-corrected chi connectivity index (χ1v) is 4.49. The maximum absolute atomic E-state index is 5.86. The number of rotatable bonds is 1. The summed E-state index contributed by atoms with van der Waals surface area (Å²) in [4.78, 5) is 0. The van der Waals surface area contributed by atoms with Crippen molar-refractivity contribution >= 4 is 28.8 Å². The molecule has 0 spiro atoms. The van der Waals surface area contributed by atoms with E-state index in [0.29, 0.717) is 10.0 Å². The van der Waals surface area contributed by atoms with E-state index in [2.05, 4.69) is 0 Å². The summed E-state index contributed by atoms with van der Waals surface area (Å²) in [5, 5.41) is 1.21. The highest BCUT2D eigenvalue weighted by Gasteiger charge is 1.99. The minimum atomic E-state index is 0.601. The van der Waals surface area contributed by atoms with Gasteiger partial charge in [0.2, 0.25) is 0 Å². The molecule has 0 aliphatic rings. The number of halogens is 2. The molecule has 0 N–H and O–H groups in total. The molecule has 0 aromatic heterocycles. The Morgan fingerprint density at radius 1 is 1.25 bits per heavy atom. The Morgan fingerprint density at radius 3 is 2.42 bits per heavy atom. The van der Waals surface area contributed by atoms with Crippen LogP contribution in [0.1, 0.15) is 19.4 Å². The maximum atomic E-state index is 5.86. The van der Waals surface area contributed by atoms with Gasteiger partial charge in [0.25, 0.3) is 0 Å². The lowest BCUT2D eigenvalue weighted by Crippen LogP contribution is -1.78. The zero-order chi connectivity index (χ0) is 9.14. The molecule has 0 unspecified atom stereocenters. The van der Waals surface area contributed by atoms with E-state index in [4.69, 9.17) is 23.2 Å². The van der Waals surface area contributed by atoms with Crippen molar-refractivity contribution in [2.45, 2.75) is 13.8 Å². The van der Waals surface area contributed by atoms with Crippen molar-refractivity contribution < 1.29 is 0 Å². The molecule has 0 amide bonds. The van der Waals surface area contributed by atoms with Crippen molar-refractivity contribution in [2.24, 2.45) is 0 Å². The van der Waals surface area contributed by atoms with E-state index in [-0.39, 0.29) is 0 Å². The average molecular weight is 201 g/mol. The van der Waals surface area contributed by atoms with E-state index in [1.165, 1.54) is 5.57 Å². The first-order chi connectivity index (χ1) is 5.65. The summed E-state index contributed by atoms with van der Waals surface area (Å²) in [7, 11) is 0. The quantitative estimate of drug-likeness (QED) is 0.630. The monoisotopic (exact) mass is 200 g/mol. The van der Waals surface area contributed by atoms with Crippen LogP contribution in [0.25, 0.3) is 5.57 Å². The van der Waals surface area contributed by atoms with E-state index in [1.54, 1.807) is 0 Å². The van der Waals surface area contributed by atoms with Gasteiger partial charge in [-0.1, -0.05) is 35.3 Å². The van der Waals surface area contributed by atoms with Crippen LogP contribution in [0.5, 0.6) is 0 Å². The number of allylic oxidation sites excluding steroid dienone is 2. The van der Waals surface area contributed by atoms with Gasteiger partial charge in [0.1, 0.15) is 0 Å². The third kappa shape index (κ3) is 2.02. The number of benzene rings is 1. The van der Waals surface area contributed by atoms with Gasteiger partial charge in [-0.05, 0) is 37.1 Å². The summed E-state index contributed by atoms with van der Waals surface area (Å²) in [6.07, 6.45) is 2.04. The van der Waals surface area contributed by atoms with Crippen LogP contribution in [0.3, 0.4) is 0 Å². The van der Waals surface area contributed by atoms with Crippen molar-refractivity contribution in [3.63, 3.8) is 0 Å². The maximum Gasteiger partial charge on any atom is 0.0598 e. The van der Waals surface area contributed by atoms with Gasteiger partial charge in [0, 0.05) is 0 Å². The number of hydrogen-bond acceptors (Lipinski definition) is 0. The highest BCUT2D eigenvalue weighted by molar-refractivity contribution is 6.42. The first kappa shape index (κ1) is 9.63. The van der Waals surface area contributed by atoms with Gasteiger partial charge in [-0.25, -0.2) is 0 Å². The van der Waals surface area contributed by atoms with Gasteiger partial charge in [-0.2, -0.15) is 0 Å². The van der Waals surface area contributed by atoms with Crippen LogP contribution in [0.15, 0.2) is 24.3 Å². The summed E-state index contributed by atoms with van der Waals surface area (Å²) in [6.45, 7) is 4.04. The molecule has 64 valence electrons. The average Bonchev–Trinajstić information content (AvgIpc) is 2.08. The Balaban J connectivity index is 3.13. The van der Waals surface area contributed by atoms with Gasteiger partial charge in [0.05, 0.1) is 10.0 Å². The van der Waals surface area contributed by atoms with Crippen LogP contribution in [-0.2, 0) is 0 Å². The summed E-state index contributed by atoms with van der Waals surface area (Å²) in [5.74, 6) is 0. The predicted octanol–water partition coefficient (Wildman–Crippen LogP) is 4.42. The first-order valence-electron chi connectivity index (χ1n) is 3.73. The SMILES string of the molecule is CC=C(C)c1ccc(Cl)c(Cl)c1. The lowest BCUT2D eigenvalue weighted by molar-refractivity contribution is 1.54. The minimum absolute atomic E-state index is 0.601. The van der Waals surface area contributed by atoms with Crippen LogP contribution < -0.4 is 0 Å². The minimum Gasteiger partial charge on any atom is -0.0841 e. The van der Waals surface area contributed by atoms with Crippen LogP contribution in [-0.4, -0.2) is 0 Å². The summed E-state index contributed by atoms with van der Waals surface area (Å²) >= 11 is 11.6. The van der Waals surface area contributed by atoms with Crippen molar-refractivity contribution in [3.8, 4) is 0 Å². The lowest BCUT2D eigenvalue weighted by atomic mass is 10.1. The van der Waals surface area contributed by atoms with Crippen LogP contribution in [0.4, 0.5) is 0 Å². The Bertz CT molecular complexity index is 314. The van der Waals surface area contributed by atoms with Gasteiger partial charge in [-0.15, -0.1) is 0 Å². The van der Waals surface area contributed by atoms with Gasteiger partial charge in [-0.3, -0.25) is 0 Å².